The number of hydrogen-bond donors (Lipinski definition) is 2. The monoisotopic (exact) mass is 239 g/mol. The van der Waals surface area contributed by atoms with Crippen LogP contribution < -0.4 is 10.6 Å². The summed E-state index contributed by atoms with van der Waals surface area (Å²) in [4.78, 5) is 13.7. The van der Waals surface area contributed by atoms with Crippen molar-refractivity contribution in [3.8, 4) is 0 Å². The third kappa shape index (κ3) is 6.44. The maximum atomic E-state index is 11.2. The number of piperazine rings is 1. The predicted molar refractivity (Wildman–Crippen MR) is 71.0 cm³/mol. The molecule has 1 heterocycles. The quantitative estimate of drug-likeness (QED) is 0.509. The summed E-state index contributed by atoms with van der Waals surface area (Å²) in [5, 5.41) is 6.21. The van der Waals surface area contributed by atoms with E-state index in [1.54, 1.807) is 6.92 Å². The minimum atomic E-state index is -0.0212. The van der Waals surface area contributed by atoms with Gasteiger partial charge in [0.05, 0.1) is 0 Å². The second-order valence-electron chi connectivity index (χ2n) is 4.69. The van der Waals surface area contributed by atoms with Crippen LogP contribution in [0, 0.1) is 0 Å². The second kappa shape index (κ2) is 8.25. The van der Waals surface area contributed by atoms with E-state index in [1.807, 2.05) is 0 Å². The summed E-state index contributed by atoms with van der Waals surface area (Å²) in [5.41, 5.74) is 0.589. The van der Waals surface area contributed by atoms with E-state index in [0.717, 1.165) is 26.1 Å². The molecule has 1 aliphatic rings. The molecular weight excluding hydrogens is 214 g/mol. The fourth-order valence-electron chi connectivity index (χ4n) is 1.92. The van der Waals surface area contributed by atoms with E-state index in [4.69, 9.17) is 0 Å². The van der Waals surface area contributed by atoms with E-state index in [0.29, 0.717) is 5.57 Å². The molecule has 0 aromatic heterocycles. The molecule has 1 fully saturated rings. The predicted octanol–water partition coefficient (Wildman–Crippen LogP) is 0.754. The topological polar surface area (TPSA) is 44.4 Å². The number of carbonyl (C=O) groups is 1. The highest BCUT2D eigenvalue weighted by atomic mass is 16.1. The van der Waals surface area contributed by atoms with E-state index in [9.17, 15) is 4.79 Å². The molecule has 0 aromatic carbocycles. The Labute approximate surface area is 104 Å². The summed E-state index contributed by atoms with van der Waals surface area (Å²) in [5.74, 6) is -0.0212. The largest absolute Gasteiger partial charge is 0.352 e. The summed E-state index contributed by atoms with van der Waals surface area (Å²) >= 11 is 0. The molecule has 17 heavy (non-hydrogen) atoms. The van der Waals surface area contributed by atoms with Gasteiger partial charge in [-0.25, -0.2) is 0 Å². The van der Waals surface area contributed by atoms with Crippen LogP contribution in [0.2, 0.25) is 0 Å². The first kappa shape index (κ1) is 14.2. The SMILES string of the molecule is C=C(C)C(=O)NCCCCCN1CCNCC1. The van der Waals surface area contributed by atoms with Gasteiger partial charge in [0.2, 0.25) is 5.91 Å². The summed E-state index contributed by atoms with van der Waals surface area (Å²) in [7, 11) is 0. The third-order valence-electron chi connectivity index (χ3n) is 3.03. The Balaban J connectivity index is 1.90. The molecule has 0 aliphatic carbocycles. The molecule has 4 nitrogen and oxygen atoms in total. The van der Waals surface area contributed by atoms with Gasteiger partial charge in [-0.05, 0) is 26.3 Å². The lowest BCUT2D eigenvalue weighted by Gasteiger charge is -2.27. The van der Waals surface area contributed by atoms with Crippen molar-refractivity contribution < 1.29 is 4.79 Å². The standard InChI is InChI=1S/C13H25N3O/c1-12(2)13(17)15-6-4-3-5-9-16-10-7-14-8-11-16/h14H,1,3-11H2,2H3,(H,15,17). The average molecular weight is 239 g/mol. The van der Waals surface area contributed by atoms with Crippen molar-refractivity contribution in [1.82, 2.24) is 15.5 Å². The van der Waals surface area contributed by atoms with E-state index in [2.05, 4.69) is 22.1 Å². The summed E-state index contributed by atoms with van der Waals surface area (Å²) in [6.45, 7) is 11.9. The van der Waals surface area contributed by atoms with Crippen LogP contribution in [0.5, 0.6) is 0 Å². The molecule has 0 spiro atoms. The average Bonchev–Trinajstić information content (AvgIpc) is 2.34. The molecule has 1 rings (SSSR count). The zero-order chi connectivity index (χ0) is 12.5. The normalized spacial score (nSPS) is 16.8. The van der Waals surface area contributed by atoms with Gasteiger partial charge in [0.25, 0.3) is 0 Å². The second-order valence-corrected chi connectivity index (χ2v) is 4.69. The summed E-state index contributed by atoms with van der Waals surface area (Å²) < 4.78 is 0. The minimum absolute atomic E-state index is 0.0212. The molecule has 0 saturated carbocycles. The number of carbonyl (C=O) groups excluding carboxylic acids is 1. The van der Waals surface area contributed by atoms with Gasteiger partial charge in [0, 0.05) is 38.3 Å². The van der Waals surface area contributed by atoms with Crippen molar-refractivity contribution in [1.29, 1.82) is 0 Å². The van der Waals surface area contributed by atoms with Gasteiger partial charge in [-0.15, -0.1) is 0 Å². The Hall–Kier alpha value is -0.870. The molecule has 0 radical (unpaired) electrons. The van der Waals surface area contributed by atoms with Crippen molar-refractivity contribution in [2.45, 2.75) is 26.2 Å². The molecule has 1 saturated heterocycles. The van der Waals surface area contributed by atoms with Crippen LogP contribution in [0.1, 0.15) is 26.2 Å². The lowest BCUT2D eigenvalue weighted by molar-refractivity contribution is -0.117. The van der Waals surface area contributed by atoms with Crippen LogP contribution in [-0.2, 0) is 4.79 Å². The van der Waals surface area contributed by atoms with Crippen LogP contribution in [0.4, 0.5) is 0 Å². The van der Waals surface area contributed by atoms with E-state index < -0.39 is 0 Å². The fourth-order valence-corrected chi connectivity index (χ4v) is 1.92. The number of rotatable bonds is 7. The zero-order valence-electron chi connectivity index (χ0n) is 10.9. The highest BCUT2D eigenvalue weighted by Crippen LogP contribution is 2.00. The first-order chi connectivity index (χ1) is 8.20. The molecule has 0 unspecified atom stereocenters. The van der Waals surface area contributed by atoms with Crippen LogP contribution in [0.3, 0.4) is 0 Å². The minimum Gasteiger partial charge on any atom is -0.352 e. The van der Waals surface area contributed by atoms with Gasteiger partial charge in [0.15, 0.2) is 0 Å². The first-order valence-corrected chi connectivity index (χ1v) is 6.57. The van der Waals surface area contributed by atoms with Gasteiger partial charge in [-0.3, -0.25) is 4.79 Å². The van der Waals surface area contributed by atoms with Gasteiger partial charge in [-0.1, -0.05) is 13.0 Å². The van der Waals surface area contributed by atoms with Gasteiger partial charge in [-0.2, -0.15) is 0 Å². The smallest absolute Gasteiger partial charge is 0.246 e. The van der Waals surface area contributed by atoms with Gasteiger partial charge >= 0.3 is 0 Å². The van der Waals surface area contributed by atoms with Crippen LogP contribution in [0.15, 0.2) is 12.2 Å². The molecule has 0 aromatic rings. The third-order valence-corrected chi connectivity index (χ3v) is 3.03. The highest BCUT2D eigenvalue weighted by Gasteiger charge is 2.08. The lowest BCUT2D eigenvalue weighted by Crippen LogP contribution is -2.43. The number of hydrogen-bond acceptors (Lipinski definition) is 3. The summed E-state index contributed by atoms with van der Waals surface area (Å²) in [6, 6.07) is 0. The number of nitrogens with zero attached hydrogens (tertiary/aromatic N) is 1. The number of nitrogens with one attached hydrogen (secondary N) is 2. The Kier molecular flexibility index (Phi) is 6.89. The molecule has 98 valence electrons. The molecule has 2 N–H and O–H groups in total. The first-order valence-electron chi connectivity index (χ1n) is 6.57. The molecule has 1 amide bonds. The Bertz CT molecular complexity index is 247. The van der Waals surface area contributed by atoms with Crippen molar-refractivity contribution in [3.05, 3.63) is 12.2 Å². The molecule has 0 atom stereocenters. The van der Waals surface area contributed by atoms with Gasteiger partial charge in [0.1, 0.15) is 0 Å². The van der Waals surface area contributed by atoms with Gasteiger partial charge < -0.3 is 15.5 Å². The van der Waals surface area contributed by atoms with Crippen LogP contribution in [0.25, 0.3) is 0 Å². The summed E-state index contributed by atoms with van der Waals surface area (Å²) in [6.07, 6.45) is 3.47. The number of amides is 1. The Morgan fingerprint density at radius 2 is 2.00 bits per heavy atom. The van der Waals surface area contributed by atoms with Crippen molar-refractivity contribution in [2.75, 3.05) is 39.3 Å². The molecule has 1 aliphatic heterocycles. The van der Waals surface area contributed by atoms with Crippen molar-refractivity contribution in [2.24, 2.45) is 0 Å². The zero-order valence-corrected chi connectivity index (χ0v) is 10.9. The molecule has 4 heteroatoms. The maximum Gasteiger partial charge on any atom is 0.246 e. The van der Waals surface area contributed by atoms with E-state index in [1.165, 1.54) is 32.5 Å². The molecule has 0 bridgehead atoms. The van der Waals surface area contributed by atoms with E-state index in [-0.39, 0.29) is 5.91 Å². The maximum absolute atomic E-state index is 11.2. The fraction of sp³-hybridized carbons (Fsp3) is 0.769. The Morgan fingerprint density at radius 1 is 1.29 bits per heavy atom. The van der Waals surface area contributed by atoms with Crippen molar-refractivity contribution in [3.63, 3.8) is 0 Å². The Morgan fingerprint density at radius 3 is 2.65 bits per heavy atom. The van der Waals surface area contributed by atoms with Crippen LogP contribution in [-0.4, -0.2) is 50.1 Å². The molecular formula is C13H25N3O. The van der Waals surface area contributed by atoms with Crippen LogP contribution >= 0.6 is 0 Å². The highest BCUT2D eigenvalue weighted by molar-refractivity contribution is 5.91. The lowest BCUT2D eigenvalue weighted by atomic mass is 10.2. The number of unbranched alkanes of at least 4 members (excludes halogenated alkanes) is 2. The van der Waals surface area contributed by atoms with E-state index >= 15 is 0 Å². The van der Waals surface area contributed by atoms with Crippen molar-refractivity contribution >= 4 is 5.91 Å².